The SMILES string of the molecule is CCNCC1COC2(O1)c1ccccc1C=Cc1ccccc12.O=C(O)/C=C\C(=O)O. The van der Waals surface area contributed by atoms with Crippen molar-refractivity contribution in [2.24, 2.45) is 0 Å². The number of fused-ring (bicyclic) bond motifs is 4. The second kappa shape index (κ2) is 10.2. The molecular formula is C24H25NO6. The van der Waals surface area contributed by atoms with Crippen molar-refractivity contribution < 1.29 is 29.3 Å². The van der Waals surface area contributed by atoms with E-state index in [4.69, 9.17) is 19.7 Å². The summed E-state index contributed by atoms with van der Waals surface area (Å²) in [6.07, 6.45) is 5.46. The molecule has 7 heteroatoms. The highest BCUT2D eigenvalue weighted by molar-refractivity contribution is 5.89. The van der Waals surface area contributed by atoms with E-state index in [1.165, 1.54) is 0 Å². The summed E-state index contributed by atoms with van der Waals surface area (Å²) in [4.78, 5) is 19.1. The number of benzene rings is 2. The molecule has 2 aromatic rings. The monoisotopic (exact) mass is 423 g/mol. The molecule has 1 fully saturated rings. The van der Waals surface area contributed by atoms with Gasteiger partial charge in [0.1, 0.15) is 0 Å². The van der Waals surface area contributed by atoms with Crippen LogP contribution in [0.3, 0.4) is 0 Å². The molecule has 1 heterocycles. The van der Waals surface area contributed by atoms with Gasteiger partial charge in [-0.15, -0.1) is 0 Å². The maximum Gasteiger partial charge on any atom is 0.328 e. The smallest absolute Gasteiger partial charge is 0.328 e. The fourth-order valence-corrected chi connectivity index (χ4v) is 3.55. The van der Waals surface area contributed by atoms with Crippen LogP contribution in [0.5, 0.6) is 0 Å². The zero-order valence-electron chi connectivity index (χ0n) is 17.2. The molecule has 0 saturated carbocycles. The van der Waals surface area contributed by atoms with Crippen molar-refractivity contribution in [2.45, 2.75) is 18.8 Å². The molecule has 0 amide bonds. The molecule has 1 spiro atoms. The van der Waals surface area contributed by atoms with Crippen LogP contribution in [-0.2, 0) is 24.8 Å². The van der Waals surface area contributed by atoms with Gasteiger partial charge in [0.2, 0.25) is 5.79 Å². The predicted octanol–water partition coefficient (Wildman–Crippen LogP) is 3.11. The minimum atomic E-state index is -1.26. The third kappa shape index (κ3) is 5.27. The molecule has 162 valence electrons. The first-order valence-electron chi connectivity index (χ1n) is 9.99. The van der Waals surface area contributed by atoms with Crippen LogP contribution in [0.2, 0.25) is 0 Å². The summed E-state index contributed by atoms with van der Waals surface area (Å²) in [5, 5.41) is 19.0. The molecule has 2 aromatic carbocycles. The highest BCUT2D eigenvalue weighted by Crippen LogP contribution is 2.45. The number of aliphatic carboxylic acids is 2. The number of hydrogen-bond acceptors (Lipinski definition) is 5. The Morgan fingerprint density at radius 3 is 2.00 bits per heavy atom. The molecule has 0 aromatic heterocycles. The van der Waals surface area contributed by atoms with Gasteiger partial charge in [0, 0.05) is 29.8 Å². The fraction of sp³-hybridized carbons (Fsp3) is 0.250. The van der Waals surface area contributed by atoms with E-state index in [9.17, 15) is 9.59 Å². The zero-order chi connectivity index (χ0) is 22.3. The highest BCUT2D eigenvalue weighted by Gasteiger charge is 2.47. The van der Waals surface area contributed by atoms with Crippen LogP contribution in [0.1, 0.15) is 29.2 Å². The quantitative estimate of drug-likeness (QED) is 0.635. The second-order valence-corrected chi connectivity index (χ2v) is 6.99. The third-order valence-electron chi connectivity index (χ3n) is 4.87. The van der Waals surface area contributed by atoms with Crippen molar-refractivity contribution in [3.8, 4) is 0 Å². The van der Waals surface area contributed by atoms with Gasteiger partial charge in [0.25, 0.3) is 0 Å². The van der Waals surface area contributed by atoms with E-state index >= 15 is 0 Å². The predicted molar refractivity (Wildman–Crippen MR) is 116 cm³/mol. The van der Waals surface area contributed by atoms with Crippen LogP contribution in [0.25, 0.3) is 12.2 Å². The van der Waals surface area contributed by atoms with Crippen molar-refractivity contribution in [3.63, 3.8) is 0 Å². The third-order valence-corrected chi connectivity index (χ3v) is 4.87. The normalized spacial score (nSPS) is 18.0. The minimum Gasteiger partial charge on any atom is -0.478 e. The van der Waals surface area contributed by atoms with Crippen LogP contribution in [0.15, 0.2) is 60.7 Å². The molecule has 0 radical (unpaired) electrons. The standard InChI is InChI=1S/C20H21NO2.C4H4O4/c1-2-21-13-17-14-22-20(23-17)18-9-5-3-7-15(18)11-12-16-8-4-6-10-19(16)20;5-3(6)1-2-4(7)8/h3-12,17,21H,2,13-14H2,1H3;1-2H,(H,5,6)(H,7,8)/b;2-1-. The van der Waals surface area contributed by atoms with Gasteiger partial charge in [-0.2, -0.15) is 0 Å². The Kier molecular flexibility index (Phi) is 7.36. The molecule has 1 unspecified atom stereocenters. The lowest BCUT2D eigenvalue weighted by molar-refractivity contribution is -0.142. The Bertz CT molecular complexity index is 932. The summed E-state index contributed by atoms with van der Waals surface area (Å²) in [5.74, 6) is -3.32. The van der Waals surface area contributed by atoms with Gasteiger partial charge in [0.05, 0.1) is 12.7 Å². The van der Waals surface area contributed by atoms with E-state index in [1.807, 2.05) is 12.1 Å². The van der Waals surface area contributed by atoms with Gasteiger partial charge in [0.15, 0.2) is 0 Å². The molecule has 1 saturated heterocycles. The summed E-state index contributed by atoms with van der Waals surface area (Å²) in [6.45, 7) is 4.43. The van der Waals surface area contributed by atoms with Gasteiger partial charge < -0.3 is 25.0 Å². The first kappa shape index (κ1) is 22.4. The Morgan fingerprint density at radius 2 is 1.52 bits per heavy atom. The molecule has 4 rings (SSSR count). The molecule has 2 aliphatic rings. The van der Waals surface area contributed by atoms with Crippen molar-refractivity contribution in [2.75, 3.05) is 19.7 Å². The Labute approximate surface area is 180 Å². The molecule has 3 N–H and O–H groups in total. The highest BCUT2D eigenvalue weighted by atomic mass is 16.7. The maximum atomic E-state index is 9.55. The van der Waals surface area contributed by atoms with Gasteiger partial charge in [-0.3, -0.25) is 0 Å². The zero-order valence-corrected chi connectivity index (χ0v) is 17.2. The lowest BCUT2D eigenvalue weighted by Gasteiger charge is -2.30. The van der Waals surface area contributed by atoms with Gasteiger partial charge >= 0.3 is 11.9 Å². The van der Waals surface area contributed by atoms with Crippen molar-refractivity contribution in [1.82, 2.24) is 5.32 Å². The molecule has 1 atom stereocenters. The average Bonchev–Trinajstić information content (AvgIpc) is 3.15. The molecule has 1 aliphatic heterocycles. The van der Waals surface area contributed by atoms with E-state index < -0.39 is 17.7 Å². The average molecular weight is 423 g/mol. The second-order valence-electron chi connectivity index (χ2n) is 6.99. The maximum absolute atomic E-state index is 9.55. The van der Waals surface area contributed by atoms with Gasteiger partial charge in [-0.25, -0.2) is 9.59 Å². The number of rotatable bonds is 5. The molecule has 0 bridgehead atoms. The summed E-state index contributed by atoms with van der Waals surface area (Å²) in [5.41, 5.74) is 4.46. The van der Waals surface area contributed by atoms with E-state index in [0.29, 0.717) is 18.8 Å². The first-order valence-corrected chi connectivity index (χ1v) is 9.99. The van der Waals surface area contributed by atoms with Gasteiger partial charge in [-0.1, -0.05) is 67.6 Å². The topological polar surface area (TPSA) is 105 Å². The number of hydrogen-bond donors (Lipinski definition) is 3. The largest absolute Gasteiger partial charge is 0.478 e. The minimum absolute atomic E-state index is 0.0502. The summed E-state index contributed by atoms with van der Waals surface area (Å²) in [7, 11) is 0. The number of carboxylic acid groups (broad SMARTS) is 2. The molecular weight excluding hydrogens is 398 g/mol. The Morgan fingerprint density at radius 1 is 1.00 bits per heavy atom. The lowest BCUT2D eigenvalue weighted by Crippen LogP contribution is -2.33. The number of carbonyl (C=O) groups is 2. The number of ether oxygens (including phenoxy) is 2. The van der Waals surface area contributed by atoms with E-state index in [0.717, 1.165) is 35.3 Å². The number of carboxylic acids is 2. The number of nitrogens with one attached hydrogen (secondary N) is 1. The first-order chi connectivity index (χ1) is 15.0. The Balaban J connectivity index is 0.000000293. The lowest BCUT2D eigenvalue weighted by atomic mass is 9.93. The number of likely N-dealkylation sites (N-methyl/N-ethyl adjacent to an activating group) is 1. The van der Waals surface area contributed by atoms with E-state index in [1.54, 1.807) is 0 Å². The van der Waals surface area contributed by atoms with Crippen LogP contribution < -0.4 is 5.32 Å². The summed E-state index contributed by atoms with van der Waals surface area (Å²) in [6, 6.07) is 16.7. The van der Waals surface area contributed by atoms with Crippen LogP contribution in [0.4, 0.5) is 0 Å². The van der Waals surface area contributed by atoms with E-state index in [-0.39, 0.29) is 6.10 Å². The van der Waals surface area contributed by atoms with E-state index in [2.05, 4.69) is 60.8 Å². The van der Waals surface area contributed by atoms with Crippen molar-refractivity contribution in [1.29, 1.82) is 0 Å². The molecule has 1 aliphatic carbocycles. The van der Waals surface area contributed by atoms with Crippen molar-refractivity contribution in [3.05, 3.63) is 82.9 Å². The van der Waals surface area contributed by atoms with Crippen LogP contribution >= 0.6 is 0 Å². The summed E-state index contributed by atoms with van der Waals surface area (Å²) < 4.78 is 12.8. The summed E-state index contributed by atoms with van der Waals surface area (Å²) >= 11 is 0. The molecule has 31 heavy (non-hydrogen) atoms. The van der Waals surface area contributed by atoms with Crippen LogP contribution in [0, 0.1) is 0 Å². The van der Waals surface area contributed by atoms with Crippen molar-refractivity contribution >= 4 is 24.1 Å². The Hall–Kier alpha value is -3.26. The van der Waals surface area contributed by atoms with Gasteiger partial charge in [-0.05, 0) is 17.7 Å². The molecule has 7 nitrogen and oxygen atoms in total. The fourth-order valence-electron chi connectivity index (χ4n) is 3.55. The van der Waals surface area contributed by atoms with Crippen LogP contribution in [-0.4, -0.2) is 48.0 Å².